The van der Waals surface area contributed by atoms with Crippen LogP contribution in [0, 0.1) is 5.82 Å². The molecule has 2 aromatic carbocycles. The van der Waals surface area contributed by atoms with Gasteiger partial charge in [-0.2, -0.15) is 0 Å². The highest BCUT2D eigenvalue weighted by Gasteiger charge is 2.38. The van der Waals surface area contributed by atoms with Crippen molar-refractivity contribution in [3.8, 4) is 0 Å². The molecule has 36 heavy (non-hydrogen) atoms. The Kier molecular flexibility index (Phi) is 7.07. The molecule has 0 unspecified atom stereocenters. The summed E-state index contributed by atoms with van der Waals surface area (Å²) in [6.45, 7) is 5.82. The minimum atomic E-state index is -3.74. The molecule has 1 aromatic heterocycles. The van der Waals surface area contributed by atoms with E-state index in [0.717, 1.165) is 38.2 Å². The highest BCUT2D eigenvalue weighted by molar-refractivity contribution is 7.93. The number of piperazine rings is 1. The van der Waals surface area contributed by atoms with Crippen LogP contribution in [-0.4, -0.2) is 67.9 Å². The Balaban J connectivity index is 0.00000178. The number of amides is 1. The zero-order chi connectivity index (χ0) is 25.3. The minimum absolute atomic E-state index is 0. The molecule has 3 aromatic rings. The topological polar surface area (TPSA) is 85.8 Å². The van der Waals surface area contributed by atoms with Gasteiger partial charge in [0.05, 0.1) is 10.9 Å². The van der Waals surface area contributed by atoms with E-state index in [4.69, 9.17) is 0 Å². The van der Waals surface area contributed by atoms with Gasteiger partial charge in [-0.05, 0) is 55.3 Å². The van der Waals surface area contributed by atoms with Gasteiger partial charge >= 0.3 is 0 Å². The first-order valence-electron chi connectivity index (χ1n) is 11.9. The van der Waals surface area contributed by atoms with Gasteiger partial charge in [0.25, 0.3) is 10.0 Å². The SMILES string of the molecule is C[C@@H](c1cccc(F)c1)N1CCN([C@H]2CCN(c3ccc(S(=O)(=O)Nc4nccs4)cc3)C2=O)CC1.[HH].[HH].[HH]. The zero-order valence-corrected chi connectivity index (χ0v) is 21.5. The van der Waals surface area contributed by atoms with E-state index in [1.54, 1.807) is 34.5 Å². The second kappa shape index (κ2) is 10.3. The number of benzene rings is 2. The summed E-state index contributed by atoms with van der Waals surface area (Å²) in [4.78, 5) is 23.6. The van der Waals surface area contributed by atoms with Crippen LogP contribution in [0.5, 0.6) is 0 Å². The van der Waals surface area contributed by atoms with Crippen molar-refractivity contribution in [2.45, 2.75) is 30.3 Å². The summed E-state index contributed by atoms with van der Waals surface area (Å²) in [7, 11) is -3.74. The first kappa shape index (κ1) is 24.8. The minimum Gasteiger partial charge on any atom is -0.311 e. The third-order valence-corrected chi connectivity index (χ3v) is 9.13. The van der Waals surface area contributed by atoms with Crippen molar-refractivity contribution in [1.29, 1.82) is 0 Å². The highest BCUT2D eigenvalue weighted by atomic mass is 32.2. The molecule has 2 aliphatic heterocycles. The molecule has 196 valence electrons. The second-order valence-corrected chi connectivity index (χ2v) is 11.6. The van der Waals surface area contributed by atoms with Crippen LogP contribution in [-0.2, 0) is 14.8 Å². The molecule has 2 saturated heterocycles. The zero-order valence-electron chi connectivity index (χ0n) is 19.9. The molecule has 0 saturated carbocycles. The van der Waals surface area contributed by atoms with Crippen molar-refractivity contribution < 1.29 is 21.9 Å². The van der Waals surface area contributed by atoms with E-state index in [9.17, 15) is 17.6 Å². The van der Waals surface area contributed by atoms with Crippen LogP contribution in [0.3, 0.4) is 0 Å². The van der Waals surface area contributed by atoms with E-state index in [1.807, 2.05) is 6.07 Å². The van der Waals surface area contributed by atoms with E-state index in [2.05, 4.69) is 26.4 Å². The predicted octanol–water partition coefficient (Wildman–Crippen LogP) is 4.31. The van der Waals surface area contributed by atoms with Gasteiger partial charge < -0.3 is 4.90 Å². The van der Waals surface area contributed by atoms with E-state index in [1.165, 1.54) is 35.7 Å². The average molecular weight is 536 g/mol. The van der Waals surface area contributed by atoms with Crippen molar-refractivity contribution in [3.05, 3.63) is 71.5 Å². The van der Waals surface area contributed by atoms with Crippen molar-refractivity contribution in [2.24, 2.45) is 0 Å². The first-order valence-corrected chi connectivity index (χ1v) is 14.3. The van der Waals surface area contributed by atoms with Crippen LogP contribution in [0.4, 0.5) is 15.2 Å². The molecule has 0 bridgehead atoms. The van der Waals surface area contributed by atoms with Crippen LogP contribution in [0.25, 0.3) is 0 Å². The summed E-state index contributed by atoms with van der Waals surface area (Å²) in [6, 6.07) is 13.0. The maximum absolute atomic E-state index is 13.6. The molecular formula is C25H34FN5O3S2. The van der Waals surface area contributed by atoms with Crippen molar-refractivity contribution >= 4 is 38.1 Å². The molecule has 1 N–H and O–H groups in total. The number of sulfonamides is 1. The van der Waals surface area contributed by atoms with Gasteiger partial charge in [-0.25, -0.2) is 17.8 Å². The van der Waals surface area contributed by atoms with E-state index in [0.29, 0.717) is 17.4 Å². The molecule has 2 aliphatic rings. The molecule has 0 spiro atoms. The van der Waals surface area contributed by atoms with Crippen LogP contribution < -0.4 is 9.62 Å². The maximum Gasteiger partial charge on any atom is 0.263 e. The van der Waals surface area contributed by atoms with Crippen LogP contribution in [0.2, 0.25) is 0 Å². The van der Waals surface area contributed by atoms with Crippen molar-refractivity contribution in [3.63, 3.8) is 0 Å². The molecule has 5 rings (SSSR count). The number of carbonyl (C=O) groups is 1. The van der Waals surface area contributed by atoms with Crippen LogP contribution in [0.15, 0.2) is 65.0 Å². The summed E-state index contributed by atoms with van der Waals surface area (Å²) in [5.41, 5.74) is 1.65. The lowest BCUT2D eigenvalue weighted by molar-refractivity contribution is -0.122. The third-order valence-electron chi connectivity index (χ3n) is 6.96. The van der Waals surface area contributed by atoms with Gasteiger partial charge in [0.1, 0.15) is 5.82 Å². The Morgan fingerprint density at radius 2 is 1.86 bits per heavy atom. The predicted molar refractivity (Wildman–Crippen MR) is 144 cm³/mol. The summed E-state index contributed by atoms with van der Waals surface area (Å²) in [6.07, 6.45) is 2.26. The van der Waals surface area contributed by atoms with Crippen molar-refractivity contribution in [2.75, 3.05) is 42.3 Å². The number of halogens is 1. The van der Waals surface area contributed by atoms with E-state index >= 15 is 0 Å². The Morgan fingerprint density at radius 1 is 1.11 bits per heavy atom. The largest absolute Gasteiger partial charge is 0.311 e. The smallest absolute Gasteiger partial charge is 0.263 e. The highest BCUT2D eigenvalue weighted by Crippen LogP contribution is 2.28. The Bertz CT molecular complexity index is 1320. The fourth-order valence-electron chi connectivity index (χ4n) is 4.93. The Labute approximate surface area is 218 Å². The molecular weight excluding hydrogens is 501 g/mol. The monoisotopic (exact) mass is 535 g/mol. The molecule has 2 atom stereocenters. The second-order valence-electron chi connectivity index (χ2n) is 9.03. The summed E-state index contributed by atoms with van der Waals surface area (Å²) in [5, 5.41) is 2.00. The number of rotatable bonds is 7. The van der Waals surface area contributed by atoms with Gasteiger partial charge in [-0.15, -0.1) is 11.3 Å². The van der Waals surface area contributed by atoms with Gasteiger partial charge in [0.2, 0.25) is 5.91 Å². The summed E-state index contributed by atoms with van der Waals surface area (Å²) >= 11 is 1.21. The summed E-state index contributed by atoms with van der Waals surface area (Å²) in [5.74, 6) is -0.186. The first-order chi connectivity index (χ1) is 17.3. The maximum atomic E-state index is 13.6. The van der Waals surface area contributed by atoms with Gasteiger partial charge in [-0.1, -0.05) is 12.1 Å². The normalized spacial score (nSPS) is 20.6. The molecule has 0 aliphatic carbocycles. The molecule has 8 nitrogen and oxygen atoms in total. The number of carbonyl (C=O) groups excluding carboxylic acids is 1. The van der Waals surface area contributed by atoms with E-state index < -0.39 is 10.0 Å². The number of hydrogen-bond donors (Lipinski definition) is 1. The standard InChI is InChI=1S/C25H28FN5O3S2.3H2/c1-18(19-3-2-4-20(26)17-19)29-12-14-30(15-13-29)23-9-11-31(24(23)32)21-5-7-22(8-6-21)36(33,34)28-25-27-10-16-35-25;;;/h2-8,10,16-18,23H,9,11-15H2,1H3,(H,27,28);3*1H/t18-,23-;;;/m0.../s1. The lowest BCUT2D eigenvalue weighted by Crippen LogP contribution is -2.52. The third kappa shape index (κ3) is 5.15. The molecule has 2 fully saturated rings. The Morgan fingerprint density at radius 3 is 2.53 bits per heavy atom. The molecule has 0 radical (unpaired) electrons. The van der Waals surface area contributed by atoms with Gasteiger partial charge in [0, 0.05) is 60.3 Å². The van der Waals surface area contributed by atoms with Crippen LogP contribution in [0.1, 0.15) is 29.2 Å². The van der Waals surface area contributed by atoms with Gasteiger partial charge in [0.15, 0.2) is 5.13 Å². The number of hydrogen-bond acceptors (Lipinski definition) is 7. The molecule has 1 amide bonds. The number of aromatic nitrogens is 1. The van der Waals surface area contributed by atoms with E-state index in [-0.39, 0.29) is 33.0 Å². The average Bonchev–Trinajstić information content (AvgIpc) is 3.53. The lowest BCUT2D eigenvalue weighted by Gasteiger charge is -2.40. The Hall–Kier alpha value is -2.86. The molecule has 11 heteroatoms. The van der Waals surface area contributed by atoms with Gasteiger partial charge in [-0.3, -0.25) is 19.3 Å². The number of nitrogens with one attached hydrogen (secondary N) is 1. The fraction of sp³-hybridized carbons (Fsp3) is 0.360. The fourth-order valence-corrected chi connectivity index (χ4v) is 6.72. The number of nitrogens with zero attached hydrogens (tertiary/aromatic N) is 4. The van der Waals surface area contributed by atoms with Crippen LogP contribution >= 0.6 is 11.3 Å². The number of anilines is 2. The summed E-state index contributed by atoms with van der Waals surface area (Å²) < 4.78 is 41.3. The number of thiazole rings is 1. The van der Waals surface area contributed by atoms with Crippen molar-refractivity contribution in [1.82, 2.24) is 14.8 Å². The lowest BCUT2D eigenvalue weighted by atomic mass is 10.1. The quantitative estimate of drug-likeness (QED) is 0.486. The molecule has 3 heterocycles.